The van der Waals surface area contributed by atoms with Crippen molar-refractivity contribution < 1.29 is 0 Å². The minimum absolute atomic E-state index is 0.0311. The topological polar surface area (TPSA) is 43.8 Å². The molecule has 1 heterocycles. The predicted octanol–water partition coefficient (Wildman–Crippen LogP) is 3.81. The van der Waals surface area contributed by atoms with Gasteiger partial charge in [-0.3, -0.25) is 4.68 Å². The van der Waals surface area contributed by atoms with Crippen molar-refractivity contribution in [2.45, 2.75) is 59.5 Å². The fourth-order valence-corrected chi connectivity index (χ4v) is 2.49. The average Bonchev–Trinajstić information content (AvgIpc) is 2.65. The van der Waals surface area contributed by atoms with Crippen LogP contribution in [-0.4, -0.2) is 9.78 Å². The Morgan fingerprint density at radius 3 is 2.10 bits per heavy atom. The molecule has 0 aliphatic rings. The van der Waals surface area contributed by atoms with E-state index >= 15 is 0 Å². The standard InChI is InChI=1S/C18H27N3/c1-12-13(2)20-21(14(12)3)11-17(19)15-7-9-16(10-8-15)18(4,5)6/h7-10,17H,11,19H2,1-6H3. The van der Waals surface area contributed by atoms with E-state index in [1.165, 1.54) is 16.8 Å². The summed E-state index contributed by atoms with van der Waals surface area (Å²) in [6, 6.07) is 8.62. The van der Waals surface area contributed by atoms with Gasteiger partial charge < -0.3 is 5.73 Å². The minimum atomic E-state index is -0.0311. The molecule has 0 saturated carbocycles. The summed E-state index contributed by atoms with van der Waals surface area (Å²) in [7, 11) is 0. The molecule has 0 aliphatic heterocycles. The maximum absolute atomic E-state index is 6.35. The second-order valence-electron chi connectivity index (χ2n) is 6.96. The lowest BCUT2D eigenvalue weighted by atomic mass is 9.86. The lowest BCUT2D eigenvalue weighted by Gasteiger charge is -2.20. The van der Waals surface area contributed by atoms with E-state index in [0.29, 0.717) is 0 Å². The first-order valence-electron chi connectivity index (χ1n) is 7.57. The van der Waals surface area contributed by atoms with Gasteiger partial charge in [-0.15, -0.1) is 0 Å². The lowest BCUT2D eigenvalue weighted by molar-refractivity contribution is 0.514. The highest BCUT2D eigenvalue weighted by Gasteiger charge is 2.15. The number of hydrogen-bond donors (Lipinski definition) is 1. The van der Waals surface area contributed by atoms with Crippen LogP contribution in [0.3, 0.4) is 0 Å². The highest BCUT2D eigenvalue weighted by molar-refractivity contribution is 5.29. The van der Waals surface area contributed by atoms with Crippen molar-refractivity contribution in [2.24, 2.45) is 5.73 Å². The summed E-state index contributed by atoms with van der Waals surface area (Å²) in [5, 5.41) is 4.57. The van der Waals surface area contributed by atoms with Gasteiger partial charge in [-0.25, -0.2) is 0 Å². The molecule has 1 aromatic carbocycles. The Labute approximate surface area is 128 Å². The average molecular weight is 285 g/mol. The summed E-state index contributed by atoms with van der Waals surface area (Å²) in [6.07, 6.45) is 0. The highest BCUT2D eigenvalue weighted by atomic mass is 15.3. The molecule has 3 heteroatoms. The van der Waals surface area contributed by atoms with Gasteiger partial charge in [0.15, 0.2) is 0 Å². The first-order chi connectivity index (χ1) is 9.70. The van der Waals surface area contributed by atoms with Gasteiger partial charge in [0.05, 0.1) is 12.2 Å². The summed E-state index contributed by atoms with van der Waals surface area (Å²) in [4.78, 5) is 0. The van der Waals surface area contributed by atoms with Crippen LogP contribution < -0.4 is 5.73 Å². The quantitative estimate of drug-likeness (QED) is 0.932. The van der Waals surface area contributed by atoms with E-state index in [0.717, 1.165) is 17.8 Å². The molecule has 0 aliphatic carbocycles. The molecule has 2 aromatic rings. The second kappa shape index (κ2) is 5.64. The molecular weight excluding hydrogens is 258 g/mol. The Morgan fingerprint density at radius 2 is 1.67 bits per heavy atom. The van der Waals surface area contributed by atoms with Crippen LogP contribution in [0.5, 0.6) is 0 Å². The molecule has 0 fully saturated rings. The van der Waals surface area contributed by atoms with Gasteiger partial charge in [0.25, 0.3) is 0 Å². The number of aryl methyl sites for hydroxylation is 1. The summed E-state index contributed by atoms with van der Waals surface area (Å²) < 4.78 is 2.02. The number of rotatable bonds is 3. The number of nitrogens with two attached hydrogens (primary N) is 1. The third kappa shape index (κ3) is 3.35. The van der Waals surface area contributed by atoms with Gasteiger partial charge in [-0.1, -0.05) is 45.0 Å². The van der Waals surface area contributed by atoms with Gasteiger partial charge in [0.2, 0.25) is 0 Å². The predicted molar refractivity (Wildman–Crippen MR) is 88.5 cm³/mol. The minimum Gasteiger partial charge on any atom is -0.322 e. The van der Waals surface area contributed by atoms with E-state index in [1.54, 1.807) is 0 Å². The van der Waals surface area contributed by atoms with Crippen LogP contribution in [0.25, 0.3) is 0 Å². The second-order valence-corrected chi connectivity index (χ2v) is 6.96. The molecule has 3 nitrogen and oxygen atoms in total. The Morgan fingerprint density at radius 1 is 1.10 bits per heavy atom. The van der Waals surface area contributed by atoms with E-state index in [-0.39, 0.29) is 11.5 Å². The van der Waals surface area contributed by atoms with Gasteiger partial charge in [0, 0.05) is 11.7 Å². The summed E-state index contributed by atoms with van der Waals surface area (Å²) in [5.74, 6) is 0. The van der Waals surface area contributed by atoms with Crippen molar-refractivity contribution >= 4 is 0 Å². The Bertz CT molecular complexity index is 615. The molecule has 0 spiro atoms. The van der Waals surface area contributed by atoms with E-state index in [1.807, 2.05) is 11.6 Å². The smallest absolute Gasteiger partial charge is 0.0625 e. The molecule has 2 rings (SSSR count). The van der Waals surface area contributed by atoms with E-state index in [2.05, 4.69) is 64.0 Å². The van der Waals surface area contributed by atoms with Crippen LogP contribution in [0.1, 0.15) is 54.9 Å². The van der Waals surface area contributed by atoms with Gasteiger partial charge in [-0.05, 0) is 42.9 Å². The maximum Gasteiger partial charge on any atom is 0.0625 e. The number of benzene rings is 1. The van der Waals surface area contributed by atoms with Crippen molar-refractivity contribution in [2.75, 3.05) is 0 Å². The van der Waals surface area contributed by atoms with Crippen molar-refractivity contribution in [3.8, 4) is 0 Å². The first kappa shape index (κ1) is 15.8. The van der Waals surface area contributed by atoms with E-state index in [9.17, 15) is 0 Å². The van der Waals surface area contributed by atoms with Crippen molar-refractivity contribution in [3.63, 3.8) is 0 Å². The molecule has 1 aromatic heterocycles. The van der Waals surface area contributed by atoms with Crippen molar-refractivity contribution in [1.82, 2.24) is 9.78 Å². The van der Waals surface area contributed by atoms with Crippen LogP contribution in [0.15, 0.2) is 24.3 Å². The summed E-state index contributed by atoms with van der Waals surface area (Å²) >= 11 is 0. The Kier molecular flexibility index (Phi) is 4.24. The summed E-state index contributed by atoms with van der Waals surface area (Å²) in [6.45, 7) is 13.6. The zero-order chi connectivity index (χ0) is 15.8. The van der Waals surface area contributed by atoms with Gasteiger partial charge in [-0.2, -0.15) is 5.10 Å². The highest BCUT2D eigenvalue weighted by Crippen LogP contribution is 2.24. The Balaban J connectivity index is 2.17. The van der Waals surface area contributed by atoms with Crippen LogP contribution in [0.4, 0.5) is 0 Å². The zero-order valence-electron chi connectivity index (χ0n) is 14.1. The maximum atomic E-state index is 6.35. The Hall–Kier alpha value is -1.61. The molecule has 0 amide bonds. The third-order valence-electron chi connectivity index (χ3n) is 4.32. The normalized spacial score (nSPS) is 13.5. The van der Waals surface area contributed by atoms with Gasteiger partial charge in [0.1, 0.15) is 0 Å². The van der Waals surface area contributed by atoms with E-state index < -0.39 is 0 Å². The van der Waals surface area contributed by atoms with Crippen LogP contribution in [-0.2, 0) is 12.0 Å². The molecule has 1 unspecified atom stereocenters. The lowest BCUT2D eigenvalue weighted by Crippen LogP contribution is -2.20. The molecule has 0 saturated heterocycles. The SMILES string of the molecule is Cc1nn(CC(N)c2ccc(C(C)(C)C)cc2)c(C)c1C. The fourth-order valence-electron chi connectivity index (χ4n) is 2.49. The van der Waals surface area contributed by atoms with Gasteiger partial charge >= 0.3 is 0 Å². The van der Waals surface area contributed by atoms with Crippen molar-refractivity contribution in [1.29, 1.82) is 0 Å². The molecule has 114 valence electrons. The molecule has 0 radical (unpaired) electrons. The number of nitrogens with zero attached hydrogens (tertiary/aromatic N) is 2. The third-order valence-corrected chi connectivity index (χ3v) is 4.32. The molecule has 2 N–H and O–H groups in total. The number of hydrogen-bond acceptors (Lipinski definition) is 2. The molecular formula is C18H27N3. The van der Waals surface area contributed by atoms with Crippen LogP contribution in [0, 0.1) is 20.8 Å². The van der Waals surface area contributed by atoms with Crippen molar-refractivity contribution in [3.05, 3.63) is 52.3 Å². The fraction of sp³-hybridized carbons (Fsp3) is 0.500. The molecule has 0 bridgehead atoms. The molecule has 1 atom stereocenters. The van der Waals surface area contributed by atoms with Crippen LogP contribution in [0.2, 0.25) is 0 Å². The monoisotopic (exact) mass is 285 g/mol. The number of aromatic nitrogens is 2. The first-order valence-corrected chi connectivity index (χ1v) is 7.57. The van der Waals surface area contributed by atoms with Crippen LogP contribution >= 0.6 is 0 Å². The zero-order valence-corrected chi connectivity index (χ0v) is 14.1. The molecule has 21 heavy (non-hydrogen) atoms. The van der Waals surface area contributed by atoms with E-state index in [4.69, 9.17) is 5.73 Å². The summed E-state index contributed by atoms with van der Waals surface area (Å²) in [5.41, 5.74) is 12.6. The largest absolute Gasteiger partial charge is 0.322 e.